The lowest BCUT2D eigenvalue weighted by molar-refractivity contribution is 0.0944. The maximum Gasteiger partial charge on any atom is 0.251 e. The molecule has 0 aliphatic heterocycles. The molecule has 3 aliphatic rings. The van der Waals surface area contributed by atoms with Gasteiger partial charge in [0.15, 0.2) is 0 Å². The molecule has 1 heterocycles. The van der Waals surface area contributed by atoms with Gasteiger partial charge in [0, 0.05) is 24.8 Å². The third-order valence-electron chi connectivity index (χ3n) is 5.31. The summed E-state index contributed by atoms with van der Waals surface area (Å²) in [7, 11) is 1.81. The molecule has 19 heavy (non-hydrogen) atoms. The van der Waals surface area contributed by atoms with E-state index in [9.17, 15) is 4.79 Å². The number of hydrogen-bond acceptors (Lipinski definition) is 3. The lowest BCUT2D eigenvalue weighted by Crippen LogP contribution is -2.30. The Morgan fingerprint density at radius 1 is 1.32 bits per heavy atom. The lowest BCUT2D eigenvalue weighted by Gasteiger charge is -2.11. The Morgan fingerprint density at radius 3 is 2.74 bits per heavy atom. The van der Waals surface area contributed by atoms with Crippen molar-refractivity contribution in [1.29, 1.82) is 0 Å². The molecule has 3 fully saturated rings. The Morgan fingerprint density at radius 2 is 2.05 bits per heavy atom. The van der Waals surface area contributed by atoms with E-state index in [1.807, 2.05) is 13.1 Å². The van der Waals surface area contributed by atoms with E-state index in [2.05, 4.69) is 15.6 Å². The number of amides is 1. The number of rotatable bonds is 3. The van der Waals surface area contributed by atoms with Crippen LogP contribution in [0.4, 0.5) is 5.82 Å². The molecule has 2 bridgehead atoms. The number of hydrogen-bond donors (Lipinski definition) is 2. The number of nitrogens with zero attached hydrogens (tertiary/aromatic N) is 1. The van der Waals surface area contributed by atoms with Gasteiger partial charge in [-0.2, -0.15) is 0 Å². The molecule has 4 unspecified atom stereocenters. The summed E-state index contributed by atoms with van der Waals surface area (Å²) in [6, 6.07) is 4.04. The van der Waals surface area contributed by atoms with Gasteiger partial charge in [-0.3, -0.25) is 4.79 Å². The number of anilines is 1. The minimum absolute atomic E-state index is 0.0534. The van der Waals surface area contributed by atoms with Crippen molar-refractivity contribution >= 4 is 11.7 Å². The average Bonchev–Trinajstić information content (AvgIpc) is 2.85. The topological polar surface area (TPSA) is 54.0 Å². The summed E-state index contributed by atoms with van der Waals surface area (Å²) >= 11 is 0. The summed E-state index contributed by atoms with van der Waals surface area (Å²) in [6.45, 7) is 0. The van der Waals surface area contributed by atoms with Crippen LogP contribution in [0.25, 0.3) is 0 Å². The van der Waals surface area contributed by atoms with Gasteiger partial charge in [-0.25, -0.2) is 4.98 Å². The maximum atomic E-state index is 12.3. The Hall–Kier alpha value is -1.58. The van der Waals surface area contributed by atoms with E-state index < -0.39 is 0 Å². The fourth-order valence-corrected chi connectivity index (χ4v) is 4.46. The molecule has 1 aromatic heterocycles. The highest BCUT2D eigenvalue weighted by molar-refractivity contribution is 5.95. The summed E-state index contributed by atoms with van der Waals surface area (Å²) in [6.07, 6.45) is 5.87. The molecule has 1 aromatic rings. The van der Waals surface area contributed by atoms with Crippen molar-refractivity contribution in [3.8, 4) is 0 Å². The number of pyridine rings is 1. The minimum Gasteiger partial charge on any atom is -0.373 e. The van der Waals surface area contributed by atoms with Crippen molar-refractivity contribution in [2.24, 2.45) is 23.7 Å². The third-order valence-corrected chi connectivity index (χ3v) is 5.31. The molecule has 0 aromatic carbocycles. The highest BCUT2D eigenvalue weighted by Gasteiger charge is 2.65. The summed E-state index contributed by atoms with van der Waals surface area (Å²) < 4.78 is 0. The predicted molar refractivity (Wildman–Crippen MR) is 72.8 cm³/mol. The molecule has 4 rings (SSSR count). The van der Waals surface area contributed by atoms with Gasteiger partial charge in [0.05, 0.1) is 0 Å². The van der Waals surface area contributed by atoms with Gasteiger partial charge in [0.2, 0.25) is 0 Å². The largest absolute Gasteiger partial charge is 0.373 e. The summed E-state index contributed by atoms with van der Waals surface area (Å²) in [5, 5.41) is 6.19. The number of aromatic nitrogens is 1. The zero-order chi connectivity index (χ0) is 13.0. The van der Waals surface area contributed by atoms with E-state index in [1.54, 1.807) is 12.3 Å². The number of carbonyl (C=O) groups excluding carboxylic acids is 1. The minimum atomic E-state index is 0.0534. The SMILES string of the molecule is CNc1cc(C(=O)NC2C3C4CCC(C4)C23)ccn1. The Balaban J connectivity index is 1.45. The van der Waals surface area contributed by atoms with Gasteiger partial charge in [0.1, 0.15) is 5.82 Å². The fraction of sp³-hybridized carbons (Fsp3) is 0.600. The third kappa shape index (κ3) is 1.66. The van der Waals surface area contributed by atoms with Crippen molar-refractivity contribution in [2.75, 3.05) is 12.4 Å². The van der Waals surface area contributed by atoms with Crippen molar-refractivity contribution in [2.45, 2.75) is 25.3 Å². The molecule has 3 aliphatic carbocycles. The van der Waals surface area contributed by atoms with E-state index in [4.69, 9.17) is 0 Å². The highest BCUT2D eigenvalue weighted by Crippen LogP contribution is 2.65. The van der Waals surface area contributed by atoms with E-state index in [-0.39, 0.29) is 5.91 Å². The molecule has 1 amide bonds. The van der Waals surface area contributed by atoms with Crippen LogP contribution in [0.15, 0.2) is 18.3 Å². The van der Waals surface area contributed by atoms with Gasteiger partial charge in [-0.1, -0.05) is 0 Å². The van der Waals surface area contributed by atoms with Crippen molar-refractivity contribution in [3.63, 3.8) is 0 Å². The predicted octanol–water partition coefficient (Wildman–Crippen LogP) is 1.90. The van der Waals surface area contributed by atoms with Crippen molar-refractivity contribution in [3.05, 3.63) is 23.9 Å². The zero-order valence-electron chi connectivity index (χ0n) is 11.1. The summed E-state index contributed by atoms with van der Waals surface area (Å²) in [5.74, 6) is 4.15. The first-order valence-corrected chi connectivity index (χ1v) is 7.22. The highest BCUT2D eigenvalue weighted by atomic mass is 16.1. The molecule has 0 spiro atoms. The Kier molecular flexibility index (Phi) is 2.34. The summed E-state index contributed by atoms with van der Waals surface area (Å²) in [5.41, 5.74) is 0.705. The van der Waals surface area contributed by atoms with Crippen molar-refractivity contribution < 1.29 is 4.79 Å². The second-order valence-electron chi connectivity index (χ2n) is 6.17. The number of nitrogens with one attached hydrogen (secondary N) is 2. The van der Waals surface area contributed by atoms with E-state index in [1.165, 1.54) is 19.3 Å². The van der Waals surface area contributed by atoms with Gasteiger partial charge in [-0.05, 0) is 55.1 Å². The second-order valence-corrected chi connectivity index (χ2v) is 6.17. The first kappa shape index (κ1) is 11.3. The smallest absolute Gasteiger partial charge is 0.251 e. The second kappa shape index (κ2) is 3.95. The standard InChI is InChI=1S/C15H19N3O/c1-16-11-7-10(4-5-17-11)15(19)18-14-12-8-2-3-9(6-8)13(12)14/h4-5,7-9,12-14H,2-3,6H2,1H3,(H,16,17)(H,18,19). The van der Waals surface area contributed by atoms with Crippen LogP contribution in [0.2, 0.25) is 0 Å². The number of carbonyl (C=O) groups is 1. The molecular weight excluding hydrogens is 238 g/mol. The van der Waals surface area contributed by atoms with Crippen LogP contribution in [-0.4, -0.2) is 24.0 Å². The van der Waals surface area contributed by atoms with Gasteiger partial charge in [0.25, 0.3) is 5.91 Å². The van der Waals surface area contributed by atoms with Gasteiger partial charge in [-0.15, -0.1) is 0 Å². The van der Waals surface area contributed by atoms with Crippen LogP contribution in [0.1, 0.15) is 29.6 Å². The molecule has 0 saturated heterocycles. The molecule has 2 N–H and O–H groups in total. The maximum absolute atomic E-state index is 12.3. The molecular formula is C15H19N3O. The monoisotopic (exact) mass is 257 g/mol. The normalized spacial score (nSPS) is 37.8. The van der Waals surface area contributed by atoms with E-state index in [0.717, 1.165) is 29.5 Å². The molecule has 0 radical (unpaired) electrons. The molecule has 4 heteroatoms. The molecule has 100 valence electrons. The van der Waals surface area contributed by atoms with Crippen LogP contribution >= 0.6 is 0 Å². The zero-order valence-corrected chi connectivity index (χ0v) is 11.1. The quantitative estimate of drug-likeness (QED) is 0.869. The first-order chi connectivity index (χ1) is 9.28. The molecule has 4 nitrogen and oxygen atoms in total. The first-order valence-electron chi connectivity index (χ1n) is 7.22. The van der Waals surface area contributed by atoms with Crippen LogP contribution in [0.5, 0.6) is 0 Å². The van der Waals surface area contributed by atoms with Gasteiger partial charge >= 0.3 is 0 Å². The van der Waals surface area contributed by atoms with Crippen molar-refractivity contribution in [1.82, 2.24) is 10.3 Å². The Labute approximate surface area is 113 Å². The molecule has 3 saturated carbocycles. The fourth-order valence-electron chi connectivity index (χ4n) is 4.46. The van der Waals surface area contributed by atoms with E-state index >= 15 is 0 Å². The van der Waals surface area contributed by atoms with Gasteiger partial charge < -0.3 is 10.6 Å². The lowest BCUT2D eigenvalue weighted by atomic mass is 10.0. The Bertz CT molecular complexity index is 514. The number of fused-ring (bicyclic) bond motifs is 5. The summed E-state index contributed by atoms with van der Waals surface area (Å²) in [4.78, 5) is 16.4. The van der Waals surface area contributed by atoms with E-state index in [0.29, 0.717) is 11.6 Å². The van der Waals surface area contributed by atoms with Crippen LogP contribution in [0.3, 0.4) is 0 Å². The van der Waals surface area contributed by atoms with Crippen LogP contribution in [-0.2, 0) is 0 Å². The average molecular weight is 257 g/mol. The van der Waals surface area contributed by atoms with Crippen LogP contribution < -0.4 is 10.6 Å². The molecule has 4 atom stereocenters. The van der Waals surface area contributed by atoms with Crippen LogP contribution in [0, 0.1) is 23.7 Å².